The van der Waals surface area contributed by atoms with Crippen molar-refractivity contribution in [1.29, 1.82) is 0 Å². The van der Waals surface area contributed by atoms with Gasteiger partial charge in [0.2, 0.25) is 0 Å². The Bertz CT molecular complexity index is 725. The molecule has 0 N–H and O–H groups in total. The molecule has 0 saturated carbocycles. The Morgan fingerprint density at radius 3 is 2.58 bits per heavy atom. The molecule has 3 rings (SSSR count). The minimum absolute atomic E-state index is 0.362. The van der Waals surface area contributed by atoms with Crippen molar-refractivity contribution in [1.82, 2.24) is 4.90 Å². The normalized spacial score (nSPS) is 20.0. The molecule has 0 saturated heterocycles. The maximum Gasteiger partial charge on any atom is 0.252 e. The Morgan fingerprint density at radius 1 is 1.12 bits per heavy atom. The van der Waals surface area contributed by atoms with E-state index in [0.29, 0.717) is 17.4 Å². The van der Waals surface area contributed by atoms with Gasteiger partial charge in [0, 0.05) is 12.1 Å². The van der Waals surface area contributed by atoms with Crippen LogP contribution in [0.5, 0.6) is 0 Å². The first-order chi connectivity index (χ1) is 11.6. The highest BCUT2D eigenvalue weighted by Gasteiger charge is 2.30. The van der Waals surface area contributed by atoms with Crippen LogP contribution >= 0.6 is 11.6 Å². The van der Waals surface area contributed by atoms with E-state index in [-0.39, 0.29) is 5.24 Å². The largest absolute Gasteiger partial charge is 0.309 e. The van der Waals surface area contributed by atoms with E-state index in [2.05, 4.69) is 43.3 Å². The standard InChI is InChI=1S/C21H24ClNO/c1-23(2)14-17-12-11-15-7-3-5-9-18(15)20(17)13-16-8-4-6-10-19(16)21(22)24/h3-10,17,20H,11-14H2,1-2H3. The van der Waals surface area contributed by atoms with Crippen molar-refractivity contribution in [3.05, 3.63) is 70.8 Å². The van der Waals surface area contributed by atoms with Crippen molar-refractivity contribution in [2.24, 2.45) is 5.92 Å². The fraction of sp³-hybridized carbons (Fsp3) is 0.381. The minimum Gasteiger partial charge on any atom is -0.309 e. The second-order valence-corrected chi connectivity index (χ2v) is 7.34. The van der Waals surface area contributed by atoms with Crippen LogP contribution in [-0.2, 0) is 12.8 Å². The molecule has 0 fully saturated rings. The predicted octanol–water partition coefficient (Wildman–Crippen LogP) is 4.52. The number of halogens is 1. The van der Waals surface area contributed by atoms with Crippen molar-refractivity contribution >= 4 is 16.8 Å². The van der Waals surface area contributed by atoms with E-state index in [9.17, 15) is 4.79 Å². The first-order valence-corrected chi connectivity index (χ1v) is 8.94. The topological polar surface area (TPSA) is 20.3 Å². The molecular weight excluding hydrogens is 318 g/mol. The van der Waals surface area contributed by atoms with Gasteiger partial charge in [0.15, 0.2) is 0 Å². The number of hydrogen-bond acceptors (Lipinski definition) is 2. The van der Waals surface area contributed by atoms with Crippen LogP contribution < -0.4 is 0 Å². The molecule has 0 aliphatic heterocycles. The molecule has 2 aromatic rings. The van der Waals surface area contributed by atoms with Crippen LogP contribution in [0.15, 0.2) is 48.5 Å². The number of nitrogens with zero attached hydrogens (tertiary/aromatic N) is 1. The Balaban J connectivity index is 1.97. The Morgan fingerprint density at radius 2 is 1.83 bits per heavy atom. The highest BCUT2D eigenvalue weighted by atomic mass is 35.5. The molecule has 0 radical (unpaired) electrons. The van der Waals surface area contributed by atoms with Gasteiger partial charge in [0.25, 0.3) is 5.24 Å². The van der Waals surface area contributed by atoms with E-state index in [1.807, 2.05) is 24.3 Å². The second kappa shape index (κ2) is 7.50. The maximum atomic E-state index is 11.8. The van der Waals surface area contributed by atoms with Gasteiger partial charge >= 0.3 is 0 Å². The lowest BCUT2D eigenvalue weighted by Crippen LogP contribution is -2.31. The monoisotopic (exact) mass is 341 g/mol. The van der Waals surface area contributed by atoms with Gasteiger partial charge in [-0.15, -0.1) is 0 Å². The van der Waals surface area contributed by atoms with Gasteiger partial charge in [0.1, 0.15) is 0 Å². The number of carbonyl (C=O) groups is 1. The number of aryl methyl sites for hydroxylation is 1. The predicted molar refractivity (Wildman–Crippen MR) is 99.9 cm³/mol. The summed E-state index contributed by atoms with van der Waals surface area (Å²) in [6.45, 7) is 1.07. The summed E-state index contributed by atoms with van der Waals surface area (Å²) >= 11 is 5.80. The number of hydrogen-bond donors (Lipinski definition) is 0. The summed E-state index contributed by atoms with van der Waals surface area (Å²) in [6, 6.07) is 16.5. The first kappa shape index (κ1) is 17.2. The summed E-state index contributed by atoms with van der Waals surface area (Å²) in [6.07, 6.45) is 3.20. The number of benzene rings is 2. The number of rotatable bonds is 5. The van der Waals surface area contributed by atoms with Gasteiger partial charge in [-0.2, -0.15) is 0 Å². The van der Waals surface area contributed by atoms with Crippen molar-refractivity contribution in [2.75, 3.05) is 20.6 Å². The summed E-state index contributed by atoms with van der Waals surface area (Å²) in [5.74, 6) is 1.02. The molecule has 0 amide bonds. The molecule has 2 aromatic carbocycles. The second-order valence-electron chi connectivity index (χ2n) is 7.00. The lowest BCUT2D eigenvalue weighted by atomic mass is 9.72. The SMILES string of the molecule is CN(C)CC1CCc2ccccc2C1Cc1ccccc1C(=O)Cl. The van der Waals surface area contributed by atoms with E-state index in [1.54, 1.807) is 0 Å². The van der Waals surface area contributed by atoms with Crippen molar-refractivity contribution < 1.29 is 4.79 Å². The van der Waals surface area contributed by atoms with Crippen LogP contribution in [0.25, 0.3) is 0 Å². The zero-order valence-electron chi connectivity index (χ0n) is 14.3. The van der Waals surface area contributed by atoms with Crippen LogP contribution in [0.3, 0.4) is 0 Å². The smallest absolute Gasteiger partial charge is 0.252 e. The fourth-order valence-corrected chi connectivity index (χ4v) is 4.20. The van der Waals surface area contributed by atoms with Gasteiger partial charge in [-0.25, -0.2) is 0 Å². The van der Waals surface area contributed by atoms with Gasteiger partial charge < -0.3 is 4.90 Å². The van der Waals surface area contributed by atoms with E-state index < -0.39 is 0 Å². The molecule has 3 heteroatoms. The number of carbonyl (C=O) groups excluding carboxylic acids is 1. The zero-order chi connectivity index (χ0) is 17.1. The fourth-order valence-electron chi connectivity index (χ4n) is 4.01. The van der Waals surface area contributed by atoms with Crippen LogP contribution in [-0.4, -0.2) is 30.8 Å². The molecule has 2 unspecified atom stereocenters. The van der Waals surface area contributed by atoms with Crippen molar-refractivity contribution in [3.63, 3.8) is 0 Å². The van der Waals surface area contributed by atoms with E-state index >= 15 is 0 Å². The lowest BCUT2D eigenvalue weighted by Gasteiger charge is -2.35. The van der Waals surface area contributed by atoms with Crippen LogP contribution in [0.1, 0.15) is 39.4 Å². The first-order valence-electron chi connectivity index (χ1n) is 8.56. The Hall–Kier alpha value is -1.64. The third kappa shape index (κ3) is 3.71. The third-order valence-electron chi connectivity index (χ3n) is 5.08. The van der Waals surface area contributed by atoms with Gasteiger partial charge in [-0.1, -0.05) is 42.5 Å². The Kier molecular flexibility index (Phi) is 5.37. The molecule has 1 aliphatic carbocycles. The molecule has 0 spiro atoms. The molecule has 0 aromatic heterocycles. The molecule has 1 aliphatic rings. The summed E-state index contributed by atoms with van der Waals surface area (Å²) in [5.41, 5.74) is 4.59. The number of fused-ring (bicyclic) bond motifs is 1. The lowest BCUT2D eigenvalue weighted by molar-refractivity contribution is 0.108. The van der Waals surface area contributed by atoms with E-state index in [4.69, 9.17) is 11.6 Å². The summed E-state index contributed by atoms with van der Waals surface area (Å²) < 4.78 is 0. The van der Waals surface area contributed by atoms with Crippen molar-refractivity contribution in [3.8, 4) is 0 Å². The van der Waals surface area contributed by atoms with Gasteiger partial charge in [0.05, 0.1) is 0 Å². The molecule has 24 heavy (non-hydrogen) atoms. The molecule has 2 atom stereocenters. The van der Waals surface area contributed by atoms with Gasteiger partial charge in [-0.3, -0.25) is 4.79 Å². The van der Waals surface area contributed by atoms with Gasteiger partial charge in [-0.05, 0) is 79.6 Å². The van der Waals surface area contributed by atoms with Crippen molar-refractivity contribution in [2.45, 2.75) is 25.2 Å². The summed E-state index contributed by atoms with van der Waals surface area (Å²) in [7, 11) is 4.27. The molecule has 126 valence electrons. The zero-order valence-corrected chi connectivity index (χ0v) is 15.1. The molecule has 2 nitrogen and oxygen atoms in total. The summed E-state index contributed by atoms with van der Waals surface area (Å²) in [5, 5.41) is -0.362. The highest BCUT2D eigenvalue weighted by molar-refractivity contribution is 6.67. The molecular formula is C21H24ClNO. The van der Waals surface area contributed by atoms with E-state index in [0.717, 1.165) is 24.9 Å². The molecule has 0 bridgehead atoms. The van der Waals surface area contributed by atoms with Crippen LogP contribution in [0.2, 0.25) is 0 Å². The highest BCUT2D eigenvalue weighted by Crippen LogP contribution is 2.39. The average Bonchev–Trinajstić information content (AvgIpc) is 2.57. The van der Waals surface area contributed by atoms with Crippen LogP contribution in [0.4, 0.5) is 0 Å². The molecule has 0 heterocycles. The average molecular weight is 342 g/mol. The maximum absolute atomic E-state index is 11.8. The third-order valence-corrected chi connectivity index (χ3v) is 5.28. The minimum atomic E-state index is -0.362. The van der Waals surface area contributed by atoms with Crippen LogP contribution in [0, 0.1) is 5.92 Å². The summed E-state index contributed by atoms with van der Waals surface area (Å²) in [4.78, 5) is 14.0. The van der Waals surface area contributed by atoms with E-state index in [1.165, 1.54) is 17.5 Å². The Labute approximate surface area is 149 Å². The quantitative estimate of drug-likeness (QED) is 0.745.